The second-order valence-corrected chi connectivity index (χ2v) is 5.05. The summed E-state index contributed by atoms with van der Waals surface area (Å²) < 4.78 is 0. The third kappa shape index (κ3) is 7.68. The van der Waals surface area contributed by atoms with E-state index >= 15 is 0 Å². The Bertz CT molecular complexity index is 581. The number of carboxylic acid groups (broad SMARTS) is 1. The van der Waals surface area contributed by atoms with Crippen molar-refractivity contribution in [3.8, 4) is 0 Å². The summed E-state index contributed by atoms with van der Waals surface area (Å²) in [6.45, 7) is 0. The highest BCUT2D eigenvalue weighted by molar-refractivity contribution is 7.80. The minimum atomic E-state index is -1.04. The first-order chi connectivity index (χ1) is 10.9. The molecule has 2 rings (SSSR count). The van der Waals surface area contributed by atoms with Gasteiger partial charge in [0.25, 0.3) is 0 Å². The molecule has 0 aliphatic carbocycles. The van der Waals surface area contributed by atoms with Crippen LogP contribution < -0.4 is 10.6 Å². The molecular weight excluding hydrogens is 316 g/mol. The van der Waals surface area contributed by atoms with E-state index < -0.39 is 11.9 Å². The predicted octanol–water partition coefficient (Wildman–Crippen LogP) is 1.68. The van der Waals surface area contributed by atoms with Crippen LogP contribution in [0.25, 0.3) is 11.0 Å². The molecule has 0 amide bonds. The lowest BCUT2D eigenvalue weighted by atomic mass is 10.1. The molecule has 0 saturated carbocycles. The molecule has 5 N–H and O–H groups in total. The number of benzene rings is 1. The number of carbonyl (C=O) groups is 1. The molecule has 8 heteroatoms. The van der Waals surface area contributed by atoms with Gasteiger partial charge in [0.15, 0.2) is 5.05 Å². The van der Waals surface area contributed by atoms with Crippen molar-refractivity contribution in [1.29, 1.82) is 0 Å². The number of nitrogens with one attached hydrogen (secondary N) is 3. The van der Waals surface area contributed by atoms with Crippen molar-refractivity contribution in [3.05, 3.63) is 30.1 Å². The smallest absolute Gasteiger partial charge is 0.304 e. The van der Waals surface area contributed by atoms with Crippen molar-refractivity contribution in [2.75, 3.05) is 28.2 Å². The van der Waals surface area contributed by atoms with Gasteiger partial charge in [-0.3, -0.25) is 4.79 Å². The molecule has 0 bridgehead atoms. The number of hydrogen-bond acceptors (Lipinski definition) is 5. The van der Waals surface area contributed by atoms with Crippen molar-refractivity contribution in [3.63, 3.8) is 0 Å². The topological polar surface area (TPSA) is 110 Å². The zero-order valence-corrected chi connectivity index (χ0v) is 14.6. The average molecular weight is 340 g/mol. The van der Waals surface area contributed by atoms with Gasteiger partial charge in [0.2, 0.25) is 0 Å². The van der Waals surface area contributed by atoms with E-state index in [0.29, 0.717) is 11.3 Å². The fraction of sp³-hybridized carbons (Fsp3) is 0.400. The van der Waals surface area contributed by atoms with Crippen LogP contribution >= 0.6 is 12.2 Å². The molecule has 0 spiro atoms. The molecule has 1 unspecified atom stereocenters. The summed E-state index contributed by atoms with van der Waals surface area (Å²) in [6.07, 6.45) is -0.283. The van der Waals surface area contributed by atoms with E-state index in [2.05, 4.69) is 32.8 Å². The molecule has 0 radical (unpaired) electrons. The van der Waals surface area contributed by atoms with Gasteiger partial charge in [-0.1, -0.05) is 12.1 Å². The monoisotopic (exact) mass is 340 g/mol. The minimum Gasteiger partial charge on any atom is -0.501 e. The molecule has 1 atom stereocenters. The zero-order valence-electron chi connectivity index (χ0n) is 13.8. The molecule has 0 fully saturated rings. The fourth-order valence-electron chi connectivity index (χ4n) is 1.61. The summed E-state index contributed by atoms with van der Waals surface area (Å²) in [7, 11) is 7.50. The highest BCUT2D eigenvalue weighted by atomic mass is 32.1. The van der Waals surface area contributed by atoms with Crippen LogP contribution in [0.2, 0.25) is 0 Å². The Kier molecular flexibility index (Phi) is 10.5. The van der Waals surface area contributed by atoms with Gasteiger partial charge in [0.1, 0.15) is 5.82 Å². The molecule has 0 saturated heterocycles. The van der Waals surface area contributed by atoms with Crippen molar-refractivity contribution < 1.29 is 15.0 Å². The number of nitrogens with zero attached hydrogens (tertiary/aromatic N) is 1. The molecule has 0 aliphatic rings. The molecule has 23 heavy (non-hydrogen) atoms. The van der Waals surface area contributed by atoms with Crippen LogP contribution in [0.3, 0.4) is 0 Å². The van der Waals surface area contributed by atoms with Gasteiger partial charge in [0.05, 0.1) is 23.4 Å². The van der Waals surface area contributed by atoms with Gasteiger partial charge < -0.3 is 25.8 Å². The quantitative estimate of drug-likeness (QED) is 0.539. The Balaban J connectivity index is 0.000000704. The molecule has 7 nitrogen and oxygen atoms in total. The number of aliphatic hydroxyl groups excluding tert-OH is 1. The van der Waals surface area contributed by atoms with Crippen molar-refractivity contribution in [2.24, 2.45) is 0 Å². The van der Waals surface area contributed by atoms with Crippen molar-refractivity contribution >= 4 is 34.3 Å². The van der Waals surface area contributed by atoms with E-state index in [0.717, 1.165) is 5.52 Å². The van der Waals surface area contributed by atoms with Crippen LogP contribution in [0, 0.1) is 0 Å². The summed E-state index contributed by atoms with van der Waals surface area (Å²) in [5.41, 5.74) is 1.50. The Labute approximate surface area is 141 Å². The number of aromatic nitrogens is 2. The first-order valence-electron chi connectivity index (χ1n) is 6.97. The van der Waals surface area contributed by atoms with E-state index in [9.17, 15) is 9.90 Å². The van der Waals surface area contributed by atoms with Gasteiger partial charge in [-0.25, -0.2) is 4.98 Å². The predicted molar refractivity (Wildman–Crippen MR) is 96.3 cm³/mol. The second kappa shape index (κ2) is 11.5. The first kappa shape index (κ1) is 21.0. The van der Waals surface area contributed by atoms with Gasteiger partial charge >= 0.3 is 5.97 Å². The summed E-state index contributed by atoms with van der Waals surface area (Å²) in [6, 6.07) is 7.29. The van der Waals surface area contributed by atoms with Crippen LogP contribution in [0.15, 0.2) is 24.3 Å². The fourth-order valence-corrected chi connectivity index (χ4v) is 1.81. The van der Waals surface area contributed by atoms with Gasteiger partial charge in [-0.15, -0.1) is 0 Å². The highest BCUT2D eigenvalue weighted by Gasteiger charge is 2.23. The highest BCUT2D eigenvalue weighted by Crippen LogP contribution is 2.21. The molecular formula is C15H24N4O3S. The largest absolute Gasteiger partial charge is 0.501 e. The van der Waals surface area contributed by atoms with E-state index in [-0.39, 0.29) is 11.5 Å². The summed E-state index contributed by atoms with van der Waals surface area (Å²) in [5.74, 6) is -1.44. The Hall–Kier alpha value is -2.03. The Morgan fingerprint density at radius 3 is 2.17 bits per heavy atom. The van der Waals surface area contributed by atoms with E-state index in [1.165, 1.54) is 0 Å². The number of carboxylic acids is 1. The van der Waals surface area contributed by atoms with Crippen LogP contribution in [0.5, 0.6) is 0 Å². The maximum atomic E-state index is 10.7. The number of fused-ring (bicyclic) bond motifs is 1. The third-order valence-corrected chi connectivity index (χ3v) is 2.70. The number of aliphatic carboxylic acids is 1. The number of H-pyrrole nitrogens is 1. The molecule has 2 aromatic rings. The van der Waals surface area contributed by atoms with E-state index in [1.807, 2.05) is 46.4 Å². The van der Waals surface area contributed by atoms with E-state index in [4.69, 9.17) is 5.11 Å². The number of hydrogen-bond donors (Lipinski definition) is 5. The standard InChI is InChI=1S/C11H10N2O3S.2C2H7N/c14-9(15)5-6(11(16)17)10-12-7-3-1-2-4-8(7)13-10;2*1-3-2/h1-4,6H,5H2,(H,12,13)(H,14,15)(H,16,17);2*3H,1-2H3. The first-order valence-corrected chi connectivity index (χ1v) is 7.38. The summed E-state index contributed by atoms with van der Waals surface area (Å²) in [4.78, 5) is 17.9. The lowest BCUT2D eigenvalue weighted by molar-refractivity contribution is -0.137. The summed E-state index contributed by atoms with van der Waals surface area (Å²) in [5, 5.41) is 23.2. The normalized spacial score (nSPS) is 10.8. The Morgan fingerprint density at radius 1 is 1.22 bits per heavy atom. The SMILES string of the molecule is CNC.CNC.O=C(O)CC(C(O)=S)c1nc2ccccc2[nH]1. The van der Waals surface area contributed by atoms with Gasteiger partial charge in [0, 0.05) is 0 Å². The number of para-hydroxylation sites is 2. The Morgan fingerprint density at radius 2 is 1.74 bits per heavy atom. The molecule has 0 aliphatic heterocycles. The third-order valence-electron chi connectivity index (χ3n) is 2.41. The molecule has 1 aromatic heterocycles. The molecule has 1 aromatic carbocycles. The molecule has 1 heterocycles. The number of aromatic amines is 1. The van der Waals surface area contributed by atoms with Crippen LogP contribution in [0.4, 0.5) is 0 Å². The maximum Gasteiger partial charge on any atom is 0.304 e. The van der Waals surface area contributed by atoms with Gasteiger partial charge in [-0.2, -0.15) is 0 Å². The van der Waals surface area contributed by atoms with Crippen LogP contribution in [-0.2, 0) is 4.79 Å². The average Bonchev–Trinajstić information content (AvgIpc) is 2.89. The lowest BCUT2D eigenvalue weighted by Gasteiger charge is -2.08. The number of imidazole rings is 1. The number of rotatable bonds is 4. The summed E-state index contributed by atoms with van der Waals surface area (Å²) >= 11 is 4.65. The van der Waals surface area contributed by atoms with Gasteiger partial charge in [-0.05, 0) is 52.5 Å². The van der Waals surface area contributed by atoms with Crippen molar-refractivity contribution in [2.45, 2.75) is 12.3 Å². The van der Waals surface area contributed by atoms with Crippen LogP contribution in [-0.4, -0.2) is 59.4 Å². The maximum absolute atomic E-state index is 10.7. The van der Waals surface area contributed by atoms with Crippen molar-refractivity contribution in [1.82, 2.24) is 20.6 Å². The molecule has 128 valence electrons. The number of aliphatic hydroxyl groups is 1. The number of thiocarbonyl (C=S) groups is 1. The lowest BCUT2D eigenvalue weighted by Crippen LogP contribution is -2.15. The van der Waals surface area contributed by atoms with E-state index in [1.54, 1.807) is 6.07 Å². The van der Waals surface area contributed by atoms with Crippen LogP contribution in [0.1, 0.15) is 18.2 Å². The second-order valence-electron chi connectivity index (χ2n) is 4.63. The minimum absolute atomic E-state index is 0.283. The zero-order chi connectivity index (χ0) is 17.8.